The topological polar surface area (TPSA) is 17.8 Å². The Balaban J connectivity index is 2.54. The molecule has 0 aliphatic heterocycles. The van der Waals surface area contributed by atoms with E-state index in [2.05, 4.69) is 4.98 Å². The van der Waals surface area contributed by atoms with Crippen molar-refractivity contribution < 1.29 is 0 Å². The van der Waals surface area contributed by atoms with Crippen molar-refractivity contribution in [2.45, 2.75) is 0 Å². The minimum absolute atomic E-state index is 0.603. The molecular formula is C11H10N2S. The molecule has 1 aromatic heterocycles. The van der Waals surface area contributed by atoms with Crippen LogP contribution in [-0.4, -0.2) is 9.55 Å². The van der Waals surface area contributed by atoms with Gasteiger partial charge in [-0.1, -0.05) is 30.3 Å². The standard InChI is InChI=1S/C11H10N2S/c1-13-8-7-10(12-11(13)14)9-5-3-2-4-6-9/h2-8H,1H3. The zero-order chi connectivity index (χ0) is 9.97. The lowest BCUT2D eigenvalue weighted by atomic mass is 10.1. The van der Waals surface area contributed by atoms with E-state index in [1.807, 2.05) is 54.2 Å². The van der Waals surface area contributed by atoms with Crippen LogP contribution in [0.2, 0.25) is 0 Å². The molecule has 2 nitrogen and oxygen atoms in total. The second-order valence-corrected chi connectivity index (χ2v) is 3.44. The van der Waals surface area contributed by atoms with Crippen molar-refractivity contribution >= 4 is 12.2 Å². The van der Waals surface area contributed by atoms with Crippen LogP contribution in [-0.2, 0) is 7.05 Å². The lowest BCUT2D eigenvalue weighted by Gasteiger charge is -2.02. The number of nitrogens with zero attached hydrogens (tertiary/aromatic N) is 2. The summed E-state index contributed by atoms with van der Waals surface area (Å²) in [6.07, 6.45) is 1.93. The number of aryl methyl sites for hydroxylation is 1. The van der Waals surface area contributed by atoms with Crippen molar-refractivity contribution in [3.8, 4) is 11.3 Å². The van der Waals surface area contributed by atoms with Crippen molar-refractivity contribution in [1.29, 1.82) is 0 Å². The van der Waals surface area contributed by atoms with Crippen LogP contribution in [0.3, 0.4) is 0 Å². The van der Waals surface area contributed by atoms with Gasteiger partial charge in [-0.05, 0) is 18.3 Å². The van der Waals surface area contributed by atoms with E-state index < -0.39 is 0 Å². The number of hydrogen-bond donors (Lipinski definition) is 0. The molecule has 70 valence electrons. The molecule has 0 radical (unpaired) electrons. The molecule has 2 rings (SSSR count). The summed E-state index contributed by atoms with van der Waals surface area (Å²) in [4.78, 5) is 4.32. The lowest BCUT2D eigenvalue weighted by molar-refractivity contribution is 0.846. The van der Waals surface area contributed by atoms with E-state index in [1.54, 1.807) is 0 Å². The lowest BCUT2D eigenvalue weighted by Crippen LogP contribution is -1.95. The predicted molar refractivity (Wildman–Crippen MR) is 59.5 cm³/mol. The average molecular weight is 202 g/mol. The highest BCUT2D eigenvalue weighted by atomic mass is 32.1. The van der Waals surface area contributed by atoms with E-state index in [1.165, 1.54) is 0 Å². The fraction of sp³-hybridized carbons (Fsp3) is 0.0909. The summed E-state index contributed by atoms with van der Waals surface area (Å²) in [5.74, 6) is 0. The third-order valence-corrected chi connectivity index (χ3v) is 2.42. The molecule has 0 aliphatic carbocycles. The maximum absolute atomic E-state index is 5.09. The zero-order valence-electron chi connectivity index (χ0n) is 7.84. The van der Waals surface area contributed by atoms with Crippen LogP contribution in [0.5, 0.6) is 0 Å². The van der Waals surface area contributed by atoms with Gasteiger partial charge in [-0.2, -0.15) is 0 Å². The second kappa shape index (κ2) is 3.72. The normalized spacial score (nSPS) is 10.1. The molecule has 14 heavy (non-hydrogen) atoms. The van der Waals surface area contributed by atoms with E-state index >= 15 is 0 Å². The molecule has 1 heterocycles. The average Bonchev–Trinajstić information content (AvgIpc) is 2.23. The van der Waals surface area contributed by atoms with E-state index in [-0.39, 0.29) is 0 Å². The monoisotopic (exact) mass is 202 g/mol. The van der Waals surface area contributed by atoms with Crippen LogP contribution < -0.4 is 0 Å². The minimum atomic E-state index is 0.603. The van der Waals surface area contributed by atoms with Gasteiger partial charge in [0.2, 0.25) is 0 Å². The van der Waals surface area contributed by atoms with Crippen LogP contribution in [0, 0.1) is 4.77 Å². The molecule has 3 heteroatoms. The van der Waals surface area contributed by atoms with E-state index in [9.17, 15) is 0 Å². The highest BCUT2D eigenvalue weighted by molar-refractivity contribution is 7.71. The molecule has 0 bridgehead atoms. The van der Waals surface area contributed by atoms with Crippen molar-refractivity contribution in [2.24, 2.45) is 7.05 Å². The van der Waals surface area contributed by atoms with Crippen LogP contribution in [0.4, 0.5) is 0 Å². The summed E-state index contributed by atoms with van der Waals surface area (Å²) in [6.45, 7) is 0. The smallest absolute Gasteiger partial charge is 0.199 e. The highest BCUT2D eigenvalue weighted by Crippen LogP contribution is 2.14. The summed E-state index contributed by atoms with van der Waals surface area (Å²) >= 11 is 5.09. The number of benzene rings is 1. The van der Waals surface area contributed by atoms with Crippen molar-refractivity contribution in [1.82, 2.24) is 9.55 Å². The van der Waals surface area contributed by atoms with Crippen LogP contribution in [0.25, 0.3) is 11.3 Å². The van der Waals surface area contributed by atoms with Gasteiger partial charge in [0.05, 0.1) is 5.69 Å². The first-order valence-electron chi connectivity index (χ1n) is 4.36. The van der Waals surface area contributed by atoms with Crippen molar-refractivity contribution in [3.05, 3.63) is 47.4 Å². The maximum Gasteiger partial charge on any atom is 0.199 e. The molecule has 0 aliphatic rings. The fourth-order valence-electron chi connectivity index (χ4n) is 1.24. The number of aromatic nitrogens is 2. The Morgan fingerprint density at radius 3 is 2.50 bits per heavy atom. The van der Waals surface area contributed by atoms with Gasteiger partial charge in [0, 0.05) is 18.8 Å². The van der Waals surface area contributed by atoms with Gasteiger partial charge in [0.25, 0.3) is 0 Å². The second-order valence-electron chi connectivity index (χ2n) is 3.07. The SMILES string of the molecule is Cn1ccc(-c2ccccc2)nc1=S. The van der Waals surface area contributed by atoms with Crippen LogP contribution in [0.1, 0.15) is 0 Å². The molecule has 0 spiro atoms. The Bertz CT molecular complexity index is 488. The third-order valence-electron chi connectivity index (χ3n) is 2.04. The first-order chi connectivity index (χ1) is 6.77. The van der Waals surface area contributed by atoms with Gasteiger partial charge < -0.3 is 4.57 Å². The molecule has 0 fully saturated rings. The molecule has 0 N–H and O–H groups in total. The molecule has 1 aromatic carbocycles. The van der Waals surface area contributed by atoms with E-state index in [4.69, 9.17) is 12.2 Å². The van der Waals surface area contributed by atoms with Crippen LogP contribution in [0.15, 0.2) is 42.6 Å². The summed E-state index contributed by atoms with van der Waals surface area (Å²) in [5.41, 5.74) is 2.02. The van der Waals surface area contributed by atoms with E-state index in [0.717, 1.165) is 11.3 Å². The van der Waals surface area contributed by atoms with Gasteiger partial charge in [0.15, 0.2) is 4.77 Å². The summed E-state index contributed by atoms with van der Waals surface area (Å²) in [7, 11) is 1.89. The molecule has 2 aromatic rings. The van der Waals surface area contributed by atoms with Crippen molar-refractivity contribution in [3.63, 3.8) is 0 Å². The Morgan fingerprint density at radius 2 is 1.86 bits per heavy atom. The molecule has 0 atom stereocenters. The fourth-order valence-corrected chi connectivity index (χ4v) is 1.39. The summed E-state index contributed by atoms with van der Waals surface area (Å²) in [5, 5.41) is 0. The van der Waals surface area contributed by atoms with Crippen LogP contribution >= 0.6 is 12.2 Å². The van der Waals surface area contributed by atoms with Gasteiger partial charge in [-0.3, -0.25) is 0 Å². The van der Waals surface area contributed by atoms with Gasteiger partial charge in [-0.25, -0.2) is 4.98 Å². The first-order valence-corrected chi connectivity index (χ1v) is 4.77. The molecular weight excluding hydrogens is 192 g/mol. The first kappa shape index (κ1) is 9.09. The quantitative estimate of drug-likeness (QED) is 0.662. The Hall–Kier alpha value is -1.48. The maximum atomic E-state index is 5.09. The Labute approximate surface area is 87.9 Å². The molecule has 0 amide bonds. The molecule has 0 saturated heterocycles. The largest absolute Gasteiger partial charge is 0.327 e. The summed E-state index contributed by atoms with van der Waals surface area (Å²) < 4.78 is 2.42. The van der Waals surface area contributed by atoms with Crippen molar-refractivity contribution in [2.75, 3.05) is 0 Å². The molecule has 0 unspecified atom stereocenters. The third kappa shape index (κ3) is 1.72. The van der Waals surface area contributed by atoms with E-state index in [0.29, 0.717) is 4.77 Å². The Morgan fingerprint density at radius 1 is 1.14 bits per heavy atom. The summed E-state index contributed by atoms with van der Waals surface area (Å²) in [6, 6.07) is 12.0. The predicted octanol–water partition coefficient (Wildman–Crippen LogP) is 2.82. The molecule has 0 saturated carbocycles. The Kier molecular flexibility index (Phi) is 2.41. The van der Waals surface area contributed by atoms with Gasteiger partial charge >= 0.3 is 0 Å². The van der Waals surface area contributed by atoms with Gasteiger partial charge in [0.1, 0.15) is 0 Å². The number of hydrogen-bond acceptors (Lipinski definition) is 2. The highest BCUT2D eigenvalue weighted by Gasteiger charge is 1.97. The zero-order valence-corrected chi connectivity index (χ0v) is 8.66. The number of rotatable bonds is 1. The van der Waals surface area contributed by atoms with Gasteiger partial charge in [-0.15, -0.1) is 0 Å². The minimum Gasteiger partial charge on any atom is -0.327 e.